The van der Waals surface area contributed by atoms with Gasteiger partial charge < -0.3 is 19.7 Å². The molecule has 0 spiro atoms. The first-order chi connectivity index (χ1) is 10.0. The second-order valence-corrected chi connectivity index (χ2v) is 5.56. The summed E-state index contributed by atoms with van der Waals surface area (Å²) < 4.78 is 11.1. The molecule has 0 bridgehead atoms. The fourth-order valence-corrected chi connectivity index (χ4v) is 1.90. The van der Waals surface area contributed by atoms with Gasteiger partial charge in [-0.3, -0.25) is 0 Å². The Bertz CT molecular complexity index is 444. The van der Waals surface area contributed by atoms with Gasteiger partial charge >= 0.3 is 0 Å². The van der Waals surface area contributed by atoms with Crippen LogP contribution < -0.4 is 14.8 Å². The molecule has 1 aromatic rings. The predicted molar refractivity (Wildman–Crippen MR) is 88.2 cm³/mol. The third-order valence-electron chi connectivity index (χ3n) is 2.99. The first-order valence-electron chi connectivity index (χ1n) is 7.32. The fraction of sp³-hybridized carbons (Fsp3) is 0.529. The van der Waals surface area contributed by atoms with E-state index < -0.39 is 0 Å². The summed E-state index contributed by atoms with van der Waals surface area (Å²) in [6.07, 6.45) is 1.14. The van der Waals surface area contributed by atoms with Crippen molar-refractivity contribution in [3.63, 3.8) is 0 Å². The summed E-state index contributed by atoms with van der Waals surface area (Å²) in [5, 5.41) is 3.45. The van der Waals surface area contributed by atoms with E-state index in [2.05, 4.69) is 37.0 Å². The molecule has 4 heteroatoms. The lowest BCUT2D eigenvalue weighted by atomic mass is 10.2. The van der Waals surface area contributed by atoms with E-state index in [4.69, 9.17) is 9.47 Å². The molecule has 0 aliphatic heterocycles. The van der Waals surface area contributed by atoms with Crippen molar-refractivity contribution in [1.29, 1.82) is 0 Å². The van der Waals surface area contributed by atoms with Gasteiger partial charge in [0.15, 0.2) is 11.5 Å². The van der Waals surface area contributed by atoms with Crippen molar-refractivity contribution < 1.29 is 9.47 Å². The lowest BCUT2D eigenvalue weighted by Gasteiger charge is -2.13. The Morgan fingerprint density at radius 1 is 1.29 bits per heavy atom. The summed E-state index contributed by atoms with van der Waals surface area (Å²) in [6.45, 7) is 9.25. The highest BCUT2D eigenvalue weighted by atomic mass is 16.5. The monoisotopic (exact) mass is 292 g/mol. The summed E-state index contributed by atoms with van der Waals surface area (Å²) in [5.41, 5.74) is 2.18. The number of hydrogen-bond donors (Lipinski definition) is 1. The van der Waals surface area contributed by atoms with Crippen LogP contribution in [0.4, 0.5) is 0 Å². The Balaban J connectivity index is 2.50. The molecule has 0 aromatic heterocycles. The highest BCUT2D eigenvalue weighted by Gasteiger charge is 2.06. The Hall–Kier alpha value is -1.52. The van der Waals surface area contributed by atoms with Gasteiger partial charge in [-0.1, -0.05) is 12.6 Å². The van der Waals surface area contributed by atoms with Crippen molar-refractivity contribution in [2.24, 2.45) is 0 Å². The van der Waals surface area contributed by atoms with Crippen LogP contribution in [0.25, 0.3) is 0 Å². The maximum atomic E-state index is 5.73. The predicted octanol–water partition coefficient (Wildman–Crippen LogP) is 2.69. The van der Waals surface area contributed by atoms with Gasteiger partial charge in [-0.25, -0.2) is 0 Å². The molecule has 0 saturated heterocycles. The third kappa shape index (κ3) is 7.16. The normalized spacial score (nSPS) is 10.7. The molecule has 0 radical (unpaired) electrons. The van der Waals surface area contributed by atoms with Crippen LogP contribution >= 0.6 is 0 Å². The van der Waals surface area contributed by atoms with Crippen LogP contribution in [-0.2, 0) is 6.54 Å². The topological polar surface area (TPSA) is 33.7 Å². The molecular weight excluding hydrogens is 264 g/mol. The Morgan fingerprint density at radius 2 is 2.05 bits per heavy atom. The van der Waals surface area contributed by atoms with Crippen LogP contribution in [-0.4, -0.2) is 45.8 Å². The van der Waals surface area contributed by atoms with Gasteiger partial charge in [0.1, 0.15) is 6.61 Å². The number of ether oxygens (including phenoxy) is 2. The molecule has 21 heavy (non-hydrogen) atoms. The van der Waals surface area contributed by atoms with Gasteiger partial charge in [-0.15, -0.1) is 0 Å². The second-order valence-electron chi connectivity index (χ2n) is 5.56. The van der Waals surface area contributed by atoms with Crippen molar-refractivity contribution in [3.8, 4) is 11.5 Å². The number of nitrogens with zero attached hydrogens (tertiary/aromatic N) is 1. The van der Waals surface area contributed by atoms with Crippen molar-refractivity contribution in [1.82, 2.24) is 10.2 Å². The number of hydrogen-bond acceptors (Lipinski definition) is 4. The zero-order valence-electron chi connectivity index (χ0n) is 13.7. The molecule has 1 N–H and O–H groups in total. The number of rotatable bonds is 10. The minimum Gasteiger partial charge on any atom is -0.493 e. The lowest BCUT2D eigenvalue weighted by molar-refractivity contribution is 0.319. The van der Waals surface area contributed by atoms with Crippen LogP contribution in [0.2, 0.25) is 0 Å². The van der Waals surface area contributed by atoms with E-state index >= 15 is 0 Å². The number of nitrogens with one attached hydrogen (secondary N) is 1. The molecule has 0 atom stereocenters. The highest BCUT2D eigenvalue weighted by Crippen LogP contribution is 2.28. The summed E-state index contributed by atoms with van der Waals surface area (Å²) in [4.78, 5) is 2.19. The zero-order valence-corrected chi connectivity index (χ0v) is 13.7. The first-order valence-corrected chi connectivity index (χ1v) is 7.32. The molecule has 0 heterocycles. The minimum atomic E-state index is 0.510. The molecule has 0 fully saturated rings. The second kappa shape index (κ2) is 9.42. The average molecular weight is 292 g/mol. The largest absolute Gasteiger partial charge is 0.493 e. The van der Waals surface area contributed by atoms with E-state index in [0.717, 1.165) is 43.1 Å². The van der Waals surface area contributed by atoms with E-state index in [0.29, 0.717) is 6.61 Å². The van der Waals surface area contributed by atoms with Crippen LogP contribution in [0.5, 0.6) is 11.5 Å². The Labute approximate surface area is 128 Å². The van der Waals surface area contributed by atoms with Crippen molar-refractivity contribution in [3.05, 3.63) is 35.9 Å². The standard InChI is InChI=1S/C17H28N2O2/c1-14(2)13-21-17-11-15(7-8-16(17)20-5)12-18-9-6-10-19(3)4/h7-8,11,18H,1,6,9-10,12-13H2,2-5H3. The smallest absolute Gasteiger partial charge is 0.161 e. The van der Waals surface area contributed by atoms with E-state index in [1.807, 2.05) is 19.1 Å². The molecular formula is C17H28N2O2. The number of methoxy groups -OCH3 is 1. The summed E-state index contributed by atoms with van der Waals surface area (Å²) >= 11 is 0. The Morgan fingerprint density at radius 3 is 2.67 bits per heavy atom. The minimum absolute atomic E-state index is 0.510. The molecule has 0 aliphatic rings. The maximum absolute atomic E-state index is 5.73. The summed E-state index contributed by atoms with van der Waals surface area (Å²) in [6, 6.07) is 6.04. The molecule has 1 aromatic carbocycles. The van der Waals surface area contributed by atoms with Gasteiger partial charge in [-0.05, 0) is 63.8 Å². The van der Waals surface area contributed by atoms with E-state index in [9.17, 15) is 0 Å². The third-order valence-corrected chi connectivity index (χ3v) is 2.99. The summed E-state index contributed by atoms with van der Waals surface area (Å²) in [7, 11) is 5.84. The molecule has 0 unspecified atom stereocenters. The van der Waals surface area contributed by atoms with Crippen LogP contribution in [0.15, 0.2) is 30.4 Å². The average Bonchev–Trinajstić information content (AvgIpc) is 2.44. The van der Waals surface area contributed by atoms with Crippen molar-refractivity contribution >= 4 is 0 Å². The highest BCUT2D eigenvalue weighted by molar-refractivity contribution is 5.43. The molecule has 1 rings (SSSR count). The van der Waals surface area contributed by atoms with Gasteiger partial charge in [0.2, 0.25) is 0 Å². The Kier molecular flexibility index (Phi) is 7.87. The van der Waals surface area contributed by atoms with Crippen molar-refractivity contribution in [2.75, 3.05) is 40.9 Å². The van der Waals surface area contributed by atoms with Crippen LogP contribution in [0.3, 0.4) is 0 Å². The van der Waals surface area contributed by atoms with Crippen LogP contribution in [0, 0.1) is 0 Å². The SMILES string of the molecule is C=C(C)COc1cc(CNCCCN(C)C)ccc1OC. The molecule has 4 nitrogen and oxygen atoms in total. The van der Waals surface area contributed by atoms with Gasteiger partial charge in [0.25, 0.3) is 0 Å². The quantitative estimate of drug-likeness (QED) is 0.531. The molecule has 118 valence electrons. The number of benzene rings is 1. The molecule has 0 amide bonds. The first kappa shape index (κ1) is 17.5. The fourth-order valence-electron chi connectivity index (χ4n) is 1.90. The van der Waals surface area contributed by atoms with Crippen molar-refractivity contribution in [2.45, 2.75) is 19.9 Å². The summed E-state index contributed by atoms with van der Waals surface area (Å²) in [5.74, 6) is 1.53. The molecule has 0 saturated carbocycles. The van der Waals surface area contributed by atoms with E-state index in [-0.39, 0.29) is 0 Å². The maximum Gasteiger partial charge on any atom is 0.161 e. The van der Waals surface area contributed by atoms with E-state index in [1.165, 1.54) is 5.56 Å². The van der Waals surface area contributed by atoms with Gasteiger partial charge in [0.05, 0.1) is 7.11 Å². The van der Waals surface area contributed by atoms with Gasteiger partial charge in [-0.2, -0.15) is 0 Å². The molecule has 0 aliphatic carbocycles. The van der Waals surface area contributed by atoms with Crippen LogP contribution in [0.1, 0.15) is 18.9 Å². The zero-order chi connectivity index (χ0) is 15.7. The van der Waals surface area contributed by atoms with Gasteiger partial charge in [0, 0.05) is 6.54 Å². The van der Waals surface area contributed by atoms with E-state index in [1.54, 1.807) is 7.11 Å². The lowest BCUT2D eigenvalue weighted by Crippen LogP contribution is -2.21.